The number of hydrogen-bond acceptors (Lipinski definition) is 4. The molecular formula is C7H6N2OS. The van der Waals surface area contributed by atoms with Gasteiger partial charge in [0, 0.05) is 6.07 Å². The Morgan fingerprint density at radius 2 is 2.36 bits per heavy atom. The monoisotopic (exact) mass is 166 g/mol. The molecule has 0 spiro atoms. The minimum absolute atomic E-state index is 0.169. The van der Waals surface area contributed by atoms with Crippen LogP contribution in [0.4, 0.5) is 0 Å². The first-order valence-electron chi connectivity index (χ1n) is 3.18. The zero-order valence-corrected chi connectivity index (χ0v) is 6.72. The van der Waals surface area contributed by atoms with Crippen LogP contribution in [0, 0.1) is 6.92 Å². The van der Waals surface area contributed by atoms with Crippen LogP contribution in [-0.4, -0.2) is 15.1 Å². The van der Waals surface area contributed by atoms with Crippen molar-refractivity contribution in [2.45, 2.75) is 6.92 Å². The number of nitrogens with zero attached hydrogens (tertiary/aromatic N) is 2. The molecule has 11 heavy (non-hydrogen) atoms. The Balaban J connectivity index is 2.82. The third kappa shape index (κ3) is 1.05. The van der Waals surface area contributed by atoms with E-state index in [1.807, 2.05) is 6.92 Å². The predicted molar refractivity (Wildman–Crippen MR) is 43.8 cm³/mol. The Morgan fingerprint density at radius 3 is 3.18 bits per heavy atom. The summed E-state index contributed by atoms with van der Waals surface area (Å²) in [7, 11) is 0. The summed E-state index contributed by atoms with van der Waals surface area (Å²) < 4.78 is 0. The van der Waals surface area contributed by atoms with Crippen LogP contribution in [0.5, 0.6) is 5.75 Å². The van der Waals surface area contributed by atoms with E-state index in [1.54, 1.807) is 6.07 Å². The van der Waals surface area contributed by atoms with Gasteiger partial charge < -0.3 is 5.11 Å². The molecule has 4 heteroatoms. The zero-order valence-electron chi connectivity index (χ0n) is 5.90. The van der Waals surface area contributed by atoms with E-state index < -0.39 is 0 Å². The molecule has 0 bridgehead atoms. The predicted octanol–water partition coefficient (Wildman–Crippen LogP) is 1.71. The summed E-state index contributed by atoms with van der Waals surface area (Å²) in [5.74, 6) is 0.169. The van der Waals surface area contributed by atoms with Crippen LogP contribution in [0.1, 0.15) is 5.01 Å². The molecular weight excluding hydrogens is 160 g/mol. The summed E-state index contributed by atoms with van der Waals surface area (Å²) in [5.41, 5.74) is 0.771. The SMILES string of the molecule is Cc1nc2cc(O)cnc2s1. The Labute approximate surface area is 67.4 Å². The second-order valence-corrected chi connectivity index (χ2v) is 3.43. The molecule has 2 aromatic rings. The van der Waals surface area contributed by atoms with Crippen molar-refractivity contribution in [3.05, 3.63) is 17.3 Å². The number of aromatic nitrogens is 2. The van der Waals surface area contributed by atoms with Gasteiger partial charge in [0.25, 0.3) is 0 Å². The molecule has 0 saturated carbocycles. The second-order valence-electron chi connectivity index (χ2n) is 2.25. The standard InChI is InChI=1S/C7H6N2OS/c1-4-9-6-2-5(10)3-8-7(6)11-4/h2-3,10H,1H3. The molecule has 0 aromatic carbocycles. The van der Waals surface area contributed by atoms with Crippen molar-refractivity contribution in [1.82, 2.24) is 9.97 Å². The van der Waals surface area contributed by atoms with Gasteiger partial charge in [0.05, 0.1) is 11.2 Å². The second kappa shape index (κ2) is 2.17. The molecule has 1 N–H and O–H groups in total. The van der Waals surface area contributed by atoms with Crippen LogP contribution in [0.3, 0.4) is 0 Å². The van der Waals surface area contributed by atoms with Gasteiger partial charge >= 0.3 is 0 Å². The first-order chi connectivity index (χ1) is 5.25. The van der Waals surface area contributed by atoms with Gasteiger partial charge in [-0.15, -0.1) is 0 Å². The smallest absolute Gasteiger partial charge is 0.143 e. The highest BCUT2D eigenvalue weighted by atomic mass is 32.1. The Morgan fingerprint density at radius 1 is 1.55 bits per heavy atom. The summed E-state index contributed by atoms with van der Waals surface area (Å²) in [6.45, 7) is 1.92. The molecule has 0 aliphatic heterocycles. The van der Waals surface area contributed by atoms with Crippen LogP contribution in [0.15, 0.2) is 12.3 Å². The molecule has 2 rings (SSSR count). The summed E-state index contributed by atoms with van der Waals surface area (Å²) in [6.07, 6.45) is 1.43. The van der Waals surface area contributed by atoms with Gasteiger partial charge in [-0.05, 0) is 6.92 Å². The van der Waals surface area contributed by atoms with Gasteiger partial charge in [0.1, 0.15) is 16.1 Å². The summed E-state index contributed by atoms with van der Waals surface area (Å²) >= 11 is 1.53. The molecule has 0 atom stereocenters. The van der Waals surface area contributed by atoms with Crippen molar-refractivity contribution in [3.8, 4) is 5.75 Å². The normalized spacial score (nSPS) is 10.6. The van der Waals surface area contributed by atoms with Gasteiger partial charge in [-0.3, -0.25) is 0 Å². The highest BCUT2D eigenvalue weighted by Crippen LogP contribution is 2.21. The molecule has 0 aliphatic rings. The summed E-state index contributed by atoms with van der Waals surface area (Å²) in [4.78, 5) is 9.05. The fraction of sp³-hybridized carbons (Fsp3) is 0.143. The molecule has 3 nitrogen and oxygen atoms in total. The average molecular weight is 166 g/mol. The number of rotatable bonds is 0. The summed E-state index contributed by atoms with van der Waals surface area (Å²) in [6, 6.07) is 1.62. The van der Waals surface area contributed by atoms with Crippen molar-refractivity contribution in [2.24, 2.45) is 0 Å². The molecule has 2 heterocycles. The first kappa shape index (κ1) is 6.54. The van der Waals surface area contributed by atoms with E-state index in [1.165, 1.54) is 17.5 Å². The van der Waals surface area contributed by atoms with E-state index in [0.29, 0.717) is 0 Å². The lowest BCUT2D eigenvalue weighted by atomic mass is 10.4. The lowest BCUT2D eigenvalue weighted by molar-refractivity contribution is 0.474. The number of pyridine rings is 1. The number of fused-ring (bicyclic) bond motifs is 1. The minimum Gasteiger partial charge on any atom is -0.506 e. The van der Waals surface area contributed by atoms with Crippen molar-refractivity contribution in [2.75, 3.05) is 0 Å². The van der Waals surface area contributed by atoms with Gasteiger partial charge in [0.15, 0.2) is 0 Å². The Hall–Kier alpha value is -1.16. The van der Waals surface area contributed by atoms with Crippen LogP contribution in [0.25, 0.3) is 10.3 Å². The third-order valence-corrected chi connectivity index (χ3v) is 2.23. The van der Waals surface area contributed by atoms with E-state index in [9.17, 15) is 0 Å². The van der Waals surface area contributed by atoms with Crippen molar-refractivity contribution < 1.29 is 5.11 Å². The van der Waals surface area contributed by atoms with Gasteiger partial charge in [-0.2, -0.15) is 0 Å². The fourth-order valence-electron chi connectivity index (χ4n) is 0.921. The van der Waals surface area contributed by atoms with Gasteiger partial charge in [0.2, 0.25) is 0 Å². The molecule has 56 valence electrons. The molecule has 0 amide bonds. The molecule has 0 unspecified atom stereocenters. The molecule has 0 saturated heterocycles. The van der Waals surface area contributed by atoms with E-state index >= 15 is 0 Å². The zero-order chi connectivity index (χ0) is 7.84. The van der Waals surface area contributed by atoms with E-state index in [-0.39, 0.29) is 5.75 Å². The molecule has 2 aromatic heterocycles. The topological polar surface area (TPSA) is 46.0 Å². The maximum absolute atomic E-state index is 9.04. The van der Waals surface area contributed by atoms with E-state index in [2.05, 4.69) is 9.97 Å². The Bertz CT molecular complexity index is 396. The van der Waals surface area contributed by atoms with E-state index in [4.69, 9.17) is 5.11 Å². The van der Waals surface area contributed by atoms with Crippen LogP contribution in [-0.2, 0) is 0 Å². The quantitative estimate of drug-likeness (QED) is 0.648. The lowest BCUT2D eigenvalue weighted by Gasteiger charge is -1.87. The molecule has 0 radical (unpaired) electrons. The highest BCUT2D eigenvalue weighted by molar-refractivity contribution is 7.18. The number of thiazole rings is 1. The maximum atomic E-state index is 9.04. The van der Waals surface area contributed by atoms with Crippen molar-refractivity contribution in [1.29, 1.82) is 0 Å². The number of aryl methyl sites for hydroxylation is 1. The Kier molecular flexibility index (Phi) is 1.29. The maximum Gasteiger partial charge on any atom is 0.143 e. The van der Waals surface area contributed by atoms with Crippen LogP contribution >= 0.6 is 11.3 Å². The number of hydrogen-bond donors (Lipinski definition) is 1. The summed E-state index contributed by atoms with van der Waals surface area (Å²) in [5, 5.41) is 10.0. The minimum atomic E-state index is 0.169. The first-order valence-corrected chi connectivity index (χ1v) is 3.99. The number of aromatic hydroxyl groups is 1. The van der Waals surface area contributed by atoms with Gasteiger partial charge in [-0.1, -0.05) is 11.3 Å². The third-order valence-electron chi connectivity index (χ3n) is 1.34. The molecule has 0 aliphatic carbocycles. The van der Waals surface area contributed by atoms with Crippen molar-refractivity contribution >= 4 is 21.7 Å². The largest absolute Gasteiger partial charge is 0.506 e. The van der Waals surface area contributed by atoms with Gasteiger partial charge in [-0.25, -0.2) is 9.97 Å². The van der Waals surface area contributed by atoms with Crippen molar-refractivity contribution in [3.63, 3.8) is 0 Å². The fourth-order valence-corrected chi connectivity index (χ4v) is 1.66. The average Bonchev–Trinajstić information content (AvgIpc) is 2.27. The molecule has 0 fully saturated rings. The lowest BCUT2D eigenvalue weighted by Crippen LogP contribution is -1.72. The van der Waals surface area contributed by atoms with E-state index in [0.717, 1.165) is 15.4 Å². The van der Waals surface area contributed by atoms with Crippen LogP contribution in [0.2, 0.25) is 0 Å². The highest BCUT2D eigenvalue weighted by Gasteiger charge is 2.00. The van der Waals surface area contributed by atoms with Crippen LogP contribution < -0.4 is 0 Å².